The molecular weight excluding hydrogens is 1840 g/mol. The predicted octanol–water partition coefficient (Wildman–Crippen LogP) is 7.46. The van der Waals surface area contributed by atoms with Crippen LogP contribution in [0.3, 0.4) is 0 Å². The number of benzene rings is 3. The Bertz CT molecular complexity index is 4470. The summed E-state index contributed by atoms with van der Waals surface area (Å²) in [5, 5.41) is 19.9. The number of rotatable bonds is 53. The van der Waals surface area contributed by atoms with Gasteiger partial charge in [0.25, 0.3) is 0 Å². The summed E-state index contributed by atoms with van der Waals surface area (Å²) in [5.41, 5.74) is 6.57. The van der Waals surface area contributed by atoms with E-state index in [0.29, 0.717) is 76.6 Å². The largest absolute Gasteiger partial charge is 0.445 e. The standard InChI is InChI=1S/C99H157N9O29S2/c1-17-69(8)90(84(128-15)63-87(113)108-39-22-27-80(108)93(129-16)71(10)81(109)60-70(9)91(114)74-24-19-18-20-25-74)105(11)97(119)78(66(2)3)62-83(111)89(68(6)7)106(12)99(121)137-64-72-28-35-77(36-29-72)102-94(116)79(26-21-38-101-98(100)120)103-95(117)88(67(4)5)104-86(112)37-34-76(96(118)107-40-43-130-45-47-132-49-51-134-53-55-136-56-54-135-52-50-133-48-46-131-44-41-107)61-82(110)73-30-32-75(33-31-73)92(115)85(65-138(122,123)59-57-127-14)139(124,125)58-23-42-126-13/h18-20,24-25,28-33,35-36,66-71,76,78-80,84-85,88-91,93,114H,17,21-23,26-27,34,37-65H2,1-16H3,(H,102,116)(H,103,117)(H,104,112)(H3,100,101,120)/t69-,70-,71-,76+,78-,79-,80-,84+,85?,88-,89-,90-,91+,93+/m0/s1. The minimum atomic E-state index is -4.40. The summed E-state index contributed by atoms with van der Waals surface area (Å²) in [5.74, 6) is -12.4. The first-order valence-electron chi connectivity index (χ1n) is 48.4. The zero-order valence-electron chi connectivity index (χ0n) is 84.3. The molecule has 9 amide bonds. The number of urea groups is 1. The Hall–Kier alpha value is -8.88. The lowest BCUT2D eigenvalue weighted by Crippen LogP contribution is -2.54. The Balaban J connectivity index is 1.30. The van der Waals surface area contributed by atoms with Crippen LogP contribution >= 0.6 is 0 Å². The molecule has 0 saturated carbocycles. The van der Waals surface area contributed by atoms with E-state index in [1.54, 1.807) is 63.6 Å². The summed E-state index contributed by atoms with van der Waals surface area (Å²) in [6, 6.07) is 14.8. The van der Waals surface area contributed by atoms with Crippen molar-refractivity contribution in [2.75, 3.05) is 197 Å². The van der Waals surface area contributed by atoms with Crippen molar-refractivity contribution in [1.82, 2.24) is 35.6 Å². The Morgan fingerprint density at radius 1 is 0.583 bits per heavy atom. The first kappa shape index (κ1) is 121. The number of sulfone groups is 2. The number of aliphatic hydroxyl groups excluding tert-OH is 1. The summed E-state index contributed by atoms with van der Waals surface area (Å²) < 4.78 is 122. The molecule has 2 saturated heterocycles. The third-order valence-electron chi connectivity index (χ3n) is 25.3. The molecule has 14 atom stereocenters. The summed E-state index contributed by atoms with van der Waals surface area (Å²) in [7, 11) is 0.222. The van der Waals surface area contributed by atoms with Crippen molar-refractivity contribution in [2.24, 2.45) is 53.1 Å². The minimum Gasteiger partial charge on any atom is -0.445 e. The second kappa shape index (κ2) is 63.9. The Morgan fingerprint density at radius 3 is 1.66 bits per heavy atom. The maximum atomic E-state index is 15.1. The van der Waals surface area contributed by atoms with E-state index in [-0.39, 0.29) is 195 Å². The van der Waals surface area contributed by atoms with Gasteiger partial charge >= 0.3 is 12.1 Å². The van der Waals surface area contributed by atoms with E-state index in [9.17, 15) is 69.9 Å². The van der Waals surface area contributed by atoms with Gasteiger partial charge in [0.15, 0.2) is 37.0 Å². The molecule has 3 aromatic rings. The number of ketones is 4. The highest BCUT2D eigenvalue weighted by molar-refractivity contribution is 7.96. The van der Waals surface area contributed by atoms with Gasteiger partial charge in [0.2, 0.25) is 35.4 Å². The number of nitrogens with one attached hydrogen (secondary N) is 4. The molecule has 0 bridgehead atoms. The number of hydrogen-bond acceptors (Lipinski definition) is 29. The maximum Gasteiger partial charge on any atom is 0.410 e. The van der Waals surface area contributed by atoms with Gasteiger partial charge in [-0.15, -0.1) is 0 Å². The molecule has 2 heterocycles. The van der Waals surface area contributed by atoms with Crippen LogP contribution in [0.2, 0.25) is 0 Å². The first-order valence-corrected chi connectivity index (χ1v) is 51.9. The molecule has 139 heavy (non-hydrogen) atoms. The van der Waals surface area contributed by atoms with Crippen LogP contribution in [0.1, 0.15) is 184 Å². The van der Waals surface area contributed by atoms with E-state index in [1.807, 2.05) is 65.0 Å². The fourth-order valence-corrected chi connectivity index (χ4v) is 20.9. The van der Waals surface area contributed by atoms with Crippen molar-refractivity contribution in [2.45, 2.75) is 207 Å². The van der Waals surface area contributed by atoms with E-state index in [4.69, 9.17) is 62.6 Å². The molecule has 0 spiro atoms. The van der Waals surface area contributed by atoms with E-state index in [2.05, 4.69) is 21.3 Å². The van der Waals surface area contributed by atoms with Crippen molar-refractivity contribution in [1.29, 1.82) is 0 Å². The highest BCUT2D eigenvalue weighted by atomic mass is 32.2. The number of likely N-dealkylation sites (N-methyl/N-ethyl adjacent to an activating group) is 2. The lowest BCUT2D eigenvalue weighted by molar-refractivity contribution is -0.149. The quantitative estimate of drug-likeness (QED) is 0.0236. The molecule has 0 aliphatic carbocycles. The number of ether oxygens (including phenoxy) is 12. The summed E-state index contributed by atoms with van der Waals surface area (Å²) >= 11 is 0. The number of carbonyl (C=O) groups excluding carboxylic acids is 12. The third kappa shape index (κ3) is 41.5. The first-order chi connectivity index (χ1) is 66.2. The van der Waals surface area contributed by atoms with E-state index in [1.165, 1.54) is 81.7 Å². The summed E-state index contributed by atoms with van der Waals surface area (Å²) in [6.07, 6.45) is -2.64. The number of hydrogen-bond donors (Lipinski definition) is 6. The number of aliphatic hydroxyl groups is 1. The van der Waals surface area contributed by atoms with Crippen molar-refractivity contribution < 1.29 is 136 Å². The maximum absolute atomic E-state index is 15.1. The van der Waals surface area contributed by atoms with Crippen LogP contribution in [0, 0.1) is 47.3 Å². The summed E-state index contributed by atoms with van der Waals surface area (Å²) in [4.78, 5) is 178. The van der Waals surface area contributed by atoms with Gasteiger partial charge in [-0.05, 0) is 91.4 Å². The van der Waals surface area contributed by atoms with Gasteiger partial charge in [-0.2, -0.15) is 0 Å². The normalized spacial score (nSPS) is 18.0. The number of likely N-dealkylation sites (tertiary alicyclic amines) is 1. The Labute approximate surface area is 821 Å². The van der Waals surface area contributed by atoms with Gasteiger partial charge in [0, 0.05) is 136 Å². The molecule has 2 fully saturated rings. The van der Waals surface area contributed by atoms with Crippen molar-refractivity contribution in [3.63, 3.8) is 0 Å². The van der Waals surface area contributed by atoms with Crippen LogP contribution in [0.15, 0.2) is 78.9 Å². The fourth-order valence-electron chi connectivity index (χ4n) is 17.0. The molecule has 1 unspecified atom stereocenters. The van der Waals surface area contributed by atoms with Gasteiger partial charge in [-0.25, -0.2) is 26.4 Å². The smallest absolute Gasteiger partial charge is 0.410 e. The number of nitrogens with two attached hydrogens (primary N) is 1. The third-order valence-corrected chi connectivity index (χ3v) is 29.2. The molecule has 3 aromatic carbocycles. The van der Waals surface area contributed by atoms with E-state index in [0.717, 1.165) is 0 Å². The Kier molecular flexibility index (Phi) is 55.4. The molecule has 784 valence electrons. The van der Waals surface area contributed by atoms with E-state index < -0.39 is 180 Å². The zero-order chi connectivity index (χ0) is 103. The molecule has 38 nitrogen and oxygen atoms in total. The summed E-state index contributed by atoms with van der Waals surface area (Å²) in [6.45, 7) is 21.2. The number of amides is 9. The van der Waals surface area contributed by atoms with Crippen molar-refractivity contribution in [3.05, 3.63) is 101 Å². The van der Waals surface area contributed by atoms with Crippen LogP contribution < -0.4 is 27.0 Å². The average molecular weight is 2000 g/mol. The average Bonchev–Trinajstić information content (AvgIpc) is 1.33. The van der Waals surface area contributed by atoms with Gasteiger partial charge in [0.05, 0.1) is 159 Å². The molecule has 2 aliphatic rings. The lowest BCUT2D eigenvalue weighted by Gasteiger charge is -2.41. The topological polar surface area (TPSA) is 491 Å². The van der Waals surface area contributed by atoms with Crippen LogP contribution in [0.5, 0.6) is 0 Å². The number of methoxy groups -OCH3 is 4. The number of primary amides is 1. The molecule has 0 radical (unpaired) electrons. The SMILES string of the molecule is CC[C@H](C)[C@@H]([C@@H](CC(=O)N1CCC[C@H]1[C@H](OC)[C@@H](C)C(=O)C[C@H](C)[C@@H](O)c1ccccc1)OC)N(C)C(=O)[C@@H](CC(=O)[C@H](C(C)C)N(C)C(=O)OCc1ccc(NC(=O)[C@H](CCCNC(N)=O)NC(=O)[C@@H](NC(=O)CC[C@H](CC(=O)c2ccc(C(=O)C(CS(=O)(=O)CCOC)S(=O)(=O)CCCOC)cc2)C(=O)N2CCOCCOCCOCCOCCOCCOCCOCC2)C(C)C)cc1)C(C)C. The second-order valence-corrected chi connectivity index (χ2v) is 41.2. The number of carbonyl (C=O) groups is 12. The molecule has 0 aromatic heterocycles. The second-order valence-electron chi connectivity index (χ2n) is 36.7. The van der Waals surface area contributed by atoms with Crippen LogP contribution in [-0.4, -0.2) is 352 Å². The fraction of sp³-hybridized carbons (Fsp3) is 0.697. The van der Waals surface area contributed by atoms with E-state index >= 15 is 9.59 Å². The molecule has 40 heteroatoms. The molecule has 2 aliphatic heterocycles. The highest BCUT2D eigenvalue weighted by Gasteiger charge is 2.46. The molecule has 5 rings (SSSR count). The van der Waals surface area contributed by atoms with Crippen LogP contribution in [0.4, 0.5) is 15.3 Å². The monoisotopic (exact) mass is 2000 g/mol. The van der Waals surface area contributed by atoms with Gasteiger partial charge in [-0.1, -0.05) is 142 Å². The van der Waals surface area contributed by atoms with Gasteiger partial charge in [-0.3, -0.25) is 47.9 Å². The number of Topliss-reactive ketones (excluding diaryl/α,β-unsaturated/α-hetero) is 4. The highest BCUT2D eigenvalue weighted by Crippen LogP contribution is 2.35. The van der Waals surface area contributed by atoms with Gasteiger partial charge < -0.3 is 109 Å². The van der Waals surface area contributed by atoms with Crippen molar-refractivity contribution >= 4 is 96.1 Å². The minimum absolute atomic E-state index is 0.000398. The number of nitrogens with zero attached hydrogens (tertiary/aromatic N) is 4. The predicted molar refractivity (Wildman–Crippen MR) is 521 cm³/mol. The molecular formula is C99H157N9O29S2. The number of anilines is 1. The zero-order valence-corrected chi connectivity index (χ0v) is 86.0. The van der Waals surface area contributed by atoms with Crippen LogP contribution in [-0.2, 0) is 121 Å². The molecule has 7 N–H and O–H groups in total. The Morgan fingerprint density at radius 2 is 1.14 bits per heavy atom. The van der Waals surface area contributed by atoms with Gasteiger partial charge in [0.1, 0.15) is 29.7 Å². The van der Waals surface area contributed by atoms with Crippen molar-refractivity contribution in [3.8, 4) is 0 Å². The van der Waals surface area contributed by atoms with Crippen LogP contribution in [0.25, 0.3) is 0 Å². The lowest BCUT2D eigenvalue weighted by atomic mass is 9.83.